The van der Waals surface area contributed by atoms with Crippen LogP contribution < -0.4 is 5.32 Å². The number of hydrogen-bond donors (Lipinski definition) is 1. The quantitative estimate of drug-likeness (QED) is 0.844. The Morgan fingerprint density at radius 2 is 1.90 bits per heavy atom. The van der Waals surface area contributed by atoms with Crippen molar-refractivity contribution in [3.63, 3.8) is 0 Å². The second-order valence-corrected chi connectivity index (χ2v) is 6.12. The Hall–Kier alpha value is -1.31. The van der Waals surface area contributed by atoms with Crippen molar-refractivity contribution in [2.75, 3.05) is 0 Å². The van der Waals surface area contributed by atoms with Gasteiger partial charge in [-0.15, -0.1) is 0 Å². The van der Waals surface area contributed by atoms with Gasteiger partial charge in [-0.3, -0.25) is 0 Å². The SMILES string of the molecule is Cc1cccc(-c2ccc(CNC3CC3)cc2Cl)c1C. The van der Waals surface area contributed by atoms with Gasteiger partial charge in [-0.2, -0.15) is 0 Å². The maximum absolute atomic E-state index is 6.49. The molecule has 0 radical (unpaired) electrons. The molecular formula is C18H20ClN. The third-order valence-corrected chi connectivity index (χ3v) is 4.41. The fraction of sp³-hybridized carbons (Fsp3) is 0.333. The third kappa shape index (κ3) is 2.89. The summed E-state index contributed by atoms with van der Waals surface area (Å²) >= 11 is 6.49. The molecule has 104 valence electrons. The second-order valence-electron chi connectivity index (χ2n) is 5.72. The van der Waals surface area contributed by atoms with Crippen LogP contribution in [0.3, 0.4) is 0 Å². The Kier molecular flexibility index (Phi) is 3.82. The molecule has 1 fully saturated rings. The van der Waals surface area contributed by atoms with E-state index in [2.05, 4.69) is 55.6 Å². The van der Waals surface area contributed by atoms with Crippen molar-refractivity contribution in [1.82, 2.24) is 5.32 Å². The molecule has 2 aromatic rings. The van der Waals surface area contributed by atoms with E-state index in [1.54, 1.807) is 0 Å². The molecule has 1 saturated carbocycles. The van der Waals surface area contributed by atoms with Gasteiger partial charge in [0.2, 0.25) is 0 Å². The van der Waals surface area contributed by atoms with Crippen LogP contribution in [0, 0.1) is 13.8 Å². The zero-order chi connectivity index (χ0) is 14.1. The first kappa shape index (κ1) is 13.7. The predicted molar refractivity (Wildman–Crippen MR) is 86.2 cm³/mol. The van der Waals surface area contributed by atoms with E-state index in [1.807, 2.05) is 0 Å². The Morgan fingerprint density at radius 1 is 1.10 bits per heavy atom. The number of benzene rings is 2. The number of rotatable bonds is 4. The van der Waals surface area contributed by atoms with Crippen LogP contribution in [-0.2, 0) is 6.54 Å². The van der Waals surface area contributed by atoms with E-state index < -0.39 is 0 Å². The van der Waals surface area contributed by atoms with Gasteiger partial charge < -0.3 is 5.32 Å². The lowest BCUT2D eigenvalue weighted by Crippen LogP contribution is -2.15. The van der Waals surface area contributed by atoms with Crippen molar-refractivity contribution in [3.8, 4) is 11.1 Å². The number of nitrogens with one attached hydrogen (secondary N) is 1. The molecule has 1 aliphatic rings. The topological polar surface area (TPSA) is 12.0 Å². The first-order valence-corrected chi connectivity index (χ1v) is 7.61. The minimum absolute atomic E-state index is 0.729. The van der Waals surface area contributed by atoms with Crippen molar-refractivity contribution in [2.45, 2.75) is 39.3 Å². The summed E-state index contributed by atoms with van der Waals surface area (Å²) in [6, 6.07) is 13.5. The van der Waals surface area contributed by atoms with Crippen molar-refractivity contribution >= 4 is 11.6 Å². The zero-order valence-corrected chi connectivity index (χ0v) is 12.8. The van der Waals surface area contributed by atoms with Gasteiger partial charge in [-0.1, -0.05) is 41.9 Å². The Bertz CT molecular complexity index is 629. The normalized spacial score (nSPS) is 14.6. The highest BCUT2D eigenvalue weighted by molar-refractivity contribution is 6.33. The zero-order valence-electron chi connectivity index (χ0n) is 12.0. The second kappa shape index (κ2) is 5.59. The summed E-state index contributed by atoms with van der Waals surface area (Å²) in [7, 11) is 0. The van der Waals surface area contributed by atoms with Crippen molar-refractivity contribution in [1.29, 1.82) is 0 Å². The summed E-state index contributed by atoms with van der Waals surface area (Å²) in [6.45, 7) is 5.21. The van der Waals surface area contributed by atoms with Gasteiger partial charge in [0.1, 0.15) is 0 Å². The summed E-state index contributed by atoms with van der Waals surface area (Å²) < 4.78 is 0. The van der Waals surface area contributed by atoms with Gasteiger partial charge in [0.25, 0.3) is 0 Å². The van der Waals surface area contributed by atoms with E-state index in [-0.39, 0.29) is 0 Å². The van der Waals surface area contributed by atoms with E-state index in [0.29, 0.717) is 0 Å². The molecule has 0 unspecified atom stereocenters. The maximum atomic E-state index is 6.49. The summed E-state index contributed by atoms with van der Waals surface area (Å²) in [4.78, 5) is 0. The molecular weight excluding hydrogens is 266 g/mol. The monoisotopic (exact) mass is 285 g/mol. The lowest BCUT2D eigenvalue weighted by atomic mass is 9.96. The fourth-order valence-electron chi connectivity index (χ4n) is 2.48. The maximum Gasteiger partial charge on any atom is 0.0487 e. The van der Waals surface area contributed by atoms with Crippen LogP contribution in [-0.4, -0.2) is 6.04 Å². The average molecular weight is 286 g/mol. The molecule has 0 aromatic heterocycles. The largest absolute Gasteiger partial charge is 0.310 e. The Balaban J connectivity index is 1.87. The highest BCUT2D eigenvalue weighted by Crippen LogP contribution is 2.32. The van der Waals surface area contributed by atoms with Crippen LogP contribution >= 0.6 is 11.6 Å². The number of halogens is 1. The lowest BCUT2D eigenvalue weighted by Gasteiger charge is -2.12. The summed E-state index contributed by atoms with van der Waals surface area (Å²) in [5.74, 6) is 0. The average Bonchev–Trinajstić information content (AvgIpc) is 3.24. The molecule has 1 nitrogen and oxygen atoms in total. The van der Waals surface area contributed by atoms with Gasteiger partial charge in [0.15, 0.2) is 0 Å². The molecule has 20 heavy (non-hydrogen) atoms. The first-order valence-electron chi connectivity index (χ1n) is 7.23. The first-order chi connectivity index (χ1) is 9.65. The van der Waals surface area contributed by atoms with E-state index in [9.17, 15) is 0 Å². The smallest absolute Gasteiger partial charge is 0.0487 e. The van der Waals surface area contributed by atoms with Crippen LogP contribution in [0.1, 0.15) is 29.5 Å². The Morgan fingerprint density at radius 3 is 2.60 bits per heavy atom. The van der Waals surface area contributed by atoms with Gasteiger partial charge in [-0.05, 0) is 55.0 Å². The minimum Gasteiger partial charge on any atom is -0.310 e. The molecule has 3 rings (SSSR count). The predicted octanol–water partition coefficient (Wildman–Crippen LogP) is 4.88. The van der Waals surface area contributed by atoms with Gasteiger partial charge in [0.05, 0.1) is 0 Å². The Labute approximate surface area is 126 Å². The molecule has 0 spiro atoms. The van der Waals surface area contributed by atoms with Crippen LogP contribution in [0.2, 0.25) is 5.02 Å². The molecule has 2 aromatic carbocycles. The molecule has 1 N–H and O–H groups in total. The third-order valence-electron chi connectivity index (χ3n) is 4.10. The number of hydrogen-bond acceptors (Lipinski definition) is 1. The molecule has 0 bridgehead atoms. The minimum atomic E-state index is 0.729. The molecule has 2 heteroatoms. The van der Waals surface area contributed by atoms with Gasteiger partial charge >= 0.3 is 0 Å². The van der Waals surface area contributed by atoms with Crippen molar-refractivity contribution in [3.05, 3.63) is 58.1 Å². The highest BCUT2D eigenvalue weighted by atomic mass is 35.5. The standard InChI is InChI=1S/C18H20ClN/c1-12-4-3-5-16(13(12)2)17-9-6-14(10-18(17)19)11-20-15-7-8-15/h3-6,9-10,15,20H,7-8,11H2,1-2H3. The van der Waals surface area contributed by atoms with Crippen LogP contribution in [0.4, 0.5) is 0 Å². The van der Waals surface area contributed by atoms with Gasteiger partial charge in [-0.25, -0.2) is 0 Å². The molecule has 0 saturated heterocycles. The molecule has 0 amide bonds. The highest BCUT2D eigenvalue weighted by Gasteiger charge is 2.20. The van der Waals surface area contributed by atoms with Crippen LogP contribution in [0.5, 0.6) is 0 Å². The summed E-state index contributed by atoms with van der Waals surface area (Å²) in [5.41, 5.74) is 6.23. The summed E-state index contributed by atoms with van der Waals surface area (Å²) in [5, 5.41) is 4.36. The van der Waals surface area contributed by atoms with Crippen LogP contribution in [0.15, 0.2) is 36.4 Å². The molecule has 0 aliphatic heterocycles. The lowest BCUT2D eigenvalue weighted by molar-refractivity contribution is 0.688. The fourth-order valence-corrected chi connectivity index (χ4v) is 2.78. The van der Waals surface area contributed by atoms with E-state index in [1.165, 1.54) is 35.1 Å². The van der Waals surface area contributed by atoms with Crippen molar-refractivity contribution < 1.29 is 0 Å². The van der Waals surface area contributed by atoms with E-state index >= 15 is 0 Å². The van der Waals surface area contributed by atoms with Crippen molar-refractivity contribution in [2.24, 2.45) is 0 Å². The molecule has 0 atom stereocenters. The van der Waals surface area contributed by atoms with E-state index in [0.717, 1.165) is 23.2 Å². The molecule has 0 heterocycles. The number of aryl methyl sites for hydroxylation is 1. The van der Waals surface area contributed by atoms with Gasteiger partial charge in [0, 0.05) is 23.2 Å². The van der Waals surface area contributed by atoms with E-state index in [4.69, 9.17) is 11.6 Å². The van der Waals surface area contributed by atoms with Crippen LogP contribution in [0.25, 0.3) is 11.1 Å². The molecule has 1 aliphatic carbocycles. The summed E-state index contributed by atoms with van der Waals surface area (Å²) in [6.07, 6.45) is 2.63.